The molecule has 0 radical (unpaired) electrons. The number of benzene rings is 1. The van der Waals surface area contributed by atoms with E-state index in [9.17, 15) is 0 Å². The highest BCUT2D eigenvalue weighted by Crippen LogP contribution is 2.25. The van der Waals surface area contributed by atoms with Crippen LogP contribution in [-0.2, 0) is 4.74 Å². The highest BCUT2D eigenvalue weighted by Gasteiger charge is 2.25. The summed E-state index contributed by atoms with van der Waals surface area (Å²) >= 11 is 0. The van der Waals surface area contributed by atoms with Crippen molar-refractivity contribution in [3.8, 4) is 0 Å². The molecule has 5 heteroatoms. The van der Waals surface area contributed by atoms with E-state index in [-0.39, 0.29) is 6.10 Å². The molecule has 0 saturated carbocycles. The van der Waals surface area contributed by atoms with Crippen LogP contribution in [0, 0.1) is 13.8 Å². The van der Waals surface area contributed by atoms with Gasteiger partial charge in [-0.25, -0.2) is 0 Å². The fraction of sp³-hybridized carbons (Fsp3) is 0.696. The number of hydrogen-bond donors (Lipinski definition) is 1. The van der Waals surface area contributed by atoms with E-state index in [1.807, 2.05) is 0 Å². The molecule has 1 aromatic carbocycles. The first-order valence-electron chi connectivity index (χ1n) is 10.8. The Morgan fingerprint density at radius 1 is 1.32 bits per heavy atom. The van der Waals surface area contributed by atoms with Crippen LogP contribution in [0.1, 0.15) is 56.4 Å². The van der Waals surface area contributed by atoms with Gasteiger partial charge in [0.2, 0.25) is 0 Å². The number of morpholine rings is 1. The number of aryl methyl sites for hydroxylation is 2. The highest BCUT2D eigenvalue weighted by molar-refractivity contribution is 5.80. The van der Waals surface area contributed by atoms with Crippen molar-refractivity contribution in [1.82, 2.24) is 15.1 Å². The zero-order valence-electron chi connectivity index (χ0n) is 18.8. The third-order valence-corrected chi connectivity index (χ3v) is 5.54. The molecule has 1 saturated heterocycles. The first-order chi connectivity index (χ1) is 13.4. The van der Waals surface area contributed by atoms with Crippen molar-refractivity contribution in [2.75, 3.05) is 46.4 Å². The summed E-state index contributed by atoms with van der Waals surface area (Å²) in [4.78, 5) is 9.65. The minimum atomic E-state index is 0.109. The van der Waals surface area contributed by atoms with Crippen LogP contribution >= 0.6 is 0 Å². The number of nitrogens with zero attached hydrogens (tertiary/aromatic N) is 3. The number of nitrogens with one attached hydrogen (secondary N) is 1. The third kappa shape index (κ3) is 6.78. The Labute approximate surface area is 172 Å². The molecule has 2 rings (SSSR count). The van der Waals surface area contributed by atoms with Gasteiger partial charge in [-0.15, -0.1) is 0 Å². The standard InChI is InChI=1S/C23H40N4O/c1-7-24-23(25-12-8-9-13-26(6)18(2)3)27-14-15-28-22(17-27)21-11-10-19(4)16-20(21)5/h10-11,16,18,22H,7-9,12-15,17H2,1-6H3,(H,24,25). The van der Waals surface area contributed by atoms with Crippen molar-refractivity contribution in [2.24, 2.45) is 4.99 Å². The average molecular weight is 389 g/mol. The van der Waals surface area contributed by atoms with Crippen molar-refractivity contribution in [2.45, 2.75) is 59.6 Å². The van der Waals surface area contributed by atoms with Gasteiger partial charge in [0.05, 0.1) is 13.2 Å². The van der Waals surface area contributed by atoms with Gasteiger partial charge in [-0.3, -0.25) is 4.99 Å². The average Bonchev–Trinajstić information content (AvgIpc) is 2.66. The minimum Gasteiger partial charge on any atom is -0.370 e. The molecule has 158 valence electrons. The van der Waals surface area contributed by atoms with Gasteiger partial charge in [0.1, 0.15) is 6.10 Å². The molecule has 1 aliphatic rings. The van der Waals surface area contributed by atoms with E-state index in [0.29, 0.717) is 6.04 Å². The Hall–Kier alpha value is -1.59. The zero-order valence-corrected chi connectivity index (χ0v) is 18.8. The second kappa shape index (κ2) is 11.4. The molecule has 1 aromatic rings. The molecule has 0 spiro atoms. The van der Waals surface area contributed by atoms with Gasteiger partial charge in [0.15, 0.2) is 5.96 Å². The normalized spacial score (nSPS) is 18.2. The Morgan fingerprint density at radius 3 is 2.79 bits per heavy atom. The molecular formula is C23H40N4O. The number of guanidine groups is 1. The lowest BCUT2D eigenvalue weighted by Crippen LogP contribution is -2.48. The monoisotopic (exact) mass is 388 g/mol. The Morgan fingerprint density at radius 2 is 2.11 bits per heavy atom. The molecule has 1 heterocycles. The van der Waals surface area contributed by atoms with Gasteiger partial charge in [-0.1, -0.05) is 23.8 Å². The maximum absolute atomic E-state index is 6.11. The maximum atomic E-state index is 6.11. The molecule has 0 aliphatic carbocycles. The lowest BCUT2D eigenvalue weighted by Gasteiger charge is -2.36. The van der Waals surface area contributed by atoms with E-state index in [1.54, 1.807) is 0 Å². The van der Waals surface area contributed by atoms with Gasteiger partial charge in [0, 0.05) is 25.7 Å². The summed E-state index contributed by atoms with van der Waals surface area (Å²) in [6, 6.07) is 7.24. The van der Waals surface area contributed by atoms with Crippen LogP contribution in [0.4, 0.5) is 0 Å². The van der Waals surface area contributed by atoms with E-state index in [4.69, 9.17) is 9.73 Å². The van der Waals surface area contributed by atoms with E-state index < -0.39 is 0 Å². The first kappa shape index (κ1) is 22.7. The minimum absolute atomic E-state index is 0.109. The summed E-state index contributed by atoms with van der Waals surface area (Å²) in [5.74, 6) is 1.03. The fourth-order valence-electron chi connectivity index (χ4n) is 3.56. The van der Waals surface area contributed by atoms with Crippen LogP contribution in [0.25, 0.3) is 0 Å². The first-order valence-corrected chi connectivity index (χ1v) is 10.8. The summed E-state index contributed by atoms with van der Waals surface area (Å²) in [6.45, 7) is 16.3. The number of rotatable bonds is 8. The molecule has 1 unspecified atom stereocenters. The molecule has 28 heavy (non-hydrogen) atoms. The predicted octanol–water partition coefficient (Wildman–Crippen LogP) is 3.76. The van der Waals surface area contributed by atoms with Crippen LogP contribution in [0.5, 0.6) is 0 Å². The summed E-state index contributed by atoms with van der Waals surface area (Å²) < 4.78 is 6.11. The van der Waals surface area contributed by atoms with Crippen LogP contribution in [-0.4, -0.2) is 68.2 Å². The van der Waals surface area contributed by atoms with Gasteiger partial charge >= 0.3 is 0 Å². The van der Waals surface area contributed by atoms with Crippen molar-refractivity contribution in [3.63, 3.8) is 0 Å². The SMILES string of the molecule is CCNC(=NCCCCN(C)C(C)C)N1CCOC(c2ccc(C)cc2C)C1. The molecule has 5 nitrogen and oxygen atoms in total. The topological polar surface area (TPSA) is 40.1 Å². The molecule has 1 fully saturated rings. The van der Waals surface area contributed by atoms with Crippen LogP contribution in [0.3, 0.4) is 0 Å². The maximum Gasteiger partial charge on any atom is 0.194 e. The second-order valence-corrected chi connectivity index (χ2v) is 8.18. The fourth-order valence-corrected chi connectivity index (χ4v) is 3.56. The van der Waals surface area contributed by atoms with Crippen LogP contribution in [0.2, 0.25) is 0 Å². The molecular weight excluding hydrogens is 348 g/mol. The van der Waals surface area contributed by atoms with Gasteiger partial charge in [0.25, 0.3) is 0 Å². The zero-order chi connectivity index (χ0) is 20.5. The van der Waals surface area contributed by atoms with Crippen molar-refractivity contribution in [1.29, 1.82) is 0 Å². The predicted molar refractivity (Wildman–Crippen MR) is 119 cm³/mol. The smallest absolute Gasteiger partial charge is 0.194 e. The lowest BCUT2D eigenvalue weighted by atomic mass is 10.00. The van der Waals surface area contributed by atoms with E-state index in [1.165, 1.54) is 23.1 Å². The second-order valence-electron chi connectivity index (χ2n) is 8.18. The quantitative estimate of drug-likeness (QED) is 0.418. The van der Waals surface area contributed by atoms with Crippen LogP contribution in [0.15, 0.2) is 23.2 Å². The third-order valence-electron chi connectivity index (χ3n) is 5.54. The largest absolute Gasteiger partial charge is 0.370 e. The summed E-state index contributed by atoms with van der Waals surface area (Å²) in [7, 11) is 2.19. The Balaban J connectivity index is 1.94. The van der Waals surface area contributed by atoms with E-state index in [2.05, 4.69) is 75.0 Å². The summed E-state index contributed by atoms with van der Waals surface area (Å²) in [5.41, 5.74) is 3.90. The molecule has 1 atom stereocenters. The lowest BCUT2D eigenvalue weighted by molar-refractivity contribution is -0.00833. The van der Waals surface area contributed by atoms with Gasteiger partial charge in [-0.2, -0.15) is 0 Å². The summed E-state index contributed by atoms with van der Waals surface area (Å²) in [5, 5.41) is 3.48. The number of hydrogen-bond acceptors (Lipinski definition) is 3. The van der Waals surface area contributed by atoms with Crippen molar-refractivity contribution >= 4 is 5.96 Å². The number of aliphatic imine (C=N–C) groups is 1. The van der Waals surface area contributed by atoms with E-state index >= 15 is 0 Å². The van der Waals surface area contributed by atoms with Gasteiger partial charge < -0.3 is 19.9 Å². The number of ether oxygens (including phenoxy) is 1. The molecule has 0 aromatic heterocycles. The molecule has 0 amide bonds. The van der Waals surface area contributed by atoms with Crippen molar-refractivity contribution < 1.29 is 4.74 Å². The molecule has 1 N–H and O–H groups in total. The van der Waals surface area contributed by atoms with E-state index in [0.717, 1.165) is 51.7 Å². The highest BCUT2D eigenvalue weighted by atomic mass is 16.5. The summed E-state index contributed by atoms with van der Waals surface area (Å²) in [6.07, 6.45) is 2.42. The Kier molecular flexibility index (Phi) is 9.26. The molecule has 1 aliphatic heterocycles. The number of unbranched alkanes of at least 4 members (excludes halogenated alkanes) is 1. The molecule has 0 bridgehead atoms. The Bertz CT molecular complexity index is 629. The van der Waals surface area contributed by atoms with Gasteiger partial charge in [-0.05, 0) is 72.2 Å². The van der Waals surface area contributed by atoms with Crippen LogP contribution < -0.4 is 5.32 Å². The van der Waals surface area contributed by atoms with Crippen molar-refractivity contribution in [3.05, 3.63) is 34.9 Å².